The van der Waals surface area contributed by atoms with Crippen LogP contribution in [0.4, 0.5) is 10.1 Å². The Morgan fingerprint density at radius 1 is 1.30 bits per heavy atom. The molecule has 0 saturated heterocycles. The summed E-state index contributed by atoms with van der Waals surface area (Å²) in [5.41, 5.74) is 2.50. The second kappa shape index (κ2) is 7.86. The minimum atomic E-state index is -0.576. The van der Waals surface area contributed by atoms with E-state index in [2.05, 4.69) is 31.2 Å². The van der Waals surface area contributed by atoms with Crippen LogP contribution in [-0.2, 0) is 0 Å². The number of hydrogen-bond donors (Lipinski definition) is 1. The third-order valence-corrected chi connectivity index (χ3v) is 5.15. The maximum Gasteiger partial charge on any atom is 0.257 e. The van der Waals surface area contributed by atoms with Crippen molar-refractivity contribution in [2.75, 3.05) is 5.32 Å². The van der Waals surface area contributed by atoms with E-state index < -0.39 is 11.7 Å². The zero-order chi connectivity index (χ0) is 21.4. The number of amides is 1. The second-order valence-corrected chi connectivity index (χ2v) is 7.70. The maximum atomic E-state index is 14.3. The molecule has 6 nitrogen and oxygen atoms in total. The topological polar surface area (TPSA) is 91.8 Å². The molecule has 0 atom stereocenters. The molecule has 0 aliphatic carbocycles. The van der Waals surface area contributed by atoms with E-state index in [0.717, 1.165) is 4.47 Å². The number of halogens is 3. The summed E-state index contributed by atoms with van der Waals surface area (Å²) in [5, 5.41) is 11.7. The molecular weight excluding hydrogens is 475 g/mol. The molecule has 30 heavy (non-hydrogen) atoms. The van der Waals surface area contributed by atoms with E-state index in [4.69, 9.17) is 21.3 Å². The number of nitrogens with zero attached hydrogens (tertiary/aromatic N) is 3. The number of carbonyl (C=O) groups excluding carboxylic acids is 1. The fourth-order valence-corrected chi connectivity index (χ4v) is 3.48. The highest BCUT2D eigenvalue weighted by molar-refractivity contribution is 9.10. The van der Waals surface area contributed by atoms with E-state index in [1.54, 1.807) is 19.2 Å². The molecule has 0 unspecified atom stereocenters. The number of hydrogen-bond acceptors (Lipinski definition) is 5. The smallest absolute Gasteiger partial charge is 0.257 e. The summed E-state index contributed by atoms with van der Waals surface area (Å²) >= 11 is 9.42. The monoisotopic (exact) mass is 484 g/mol. The van der Waals surface area contributed by atoms with Crippen LogP contribution in [0.3, 0.4) is 0 Å². The summed E-state index contributed by atoms with van der Waals surface area (Å²) in [6.45, 7) is 1.71. The van der Waals surface area contributed by atoms with Crippen LogP contribution in [0.5, 0.6) is 0 Å². The van der Waals surface area contributed by atoms with Crippen molar-refractivity contribution in [1.29, 1.82) is 5.26 Å². The number of nitriles is 1. The molecule has 2 heterocycles. The van der Waals surface area contributed by atoms with Crippen molar-refractivity contribution < 1.29 is 13.6 Å². The van der Waals surface area contributed by atoms with Crippen molar-refractivity contribution in [3.05, 3.63) is 74.6 Å². The van der Waals surface area contributed by atoms with Gasteiger partial charge in [0.15, 0.2) is 11.2 Å². The summed E-state index contributed by atoms with van der Waals surface area (Å²) in [4.78, 5) is 21.1. The van der Waals surface area contributed by atoms with Crippen molar-refractivity contribution in [1.82, 2.24) is 9.97 Å². The zero-order valence-corrected chi connectivity index (χ0v) is 17.7. The number of fused-ring (bicyclic) bond motifs is 1. The number of carbonyl (C=O) groups is 1. The number of anilines is 1. The lowest BCUT2D eigenvalue weighted by Crippen LogP contribution is -2.14. The van der Waals surface area contributed by atoms with E-state index in [0.29, 0.717) is 27.9 Å². The van der Waals surface area contributed by atoms with Crippen molar-refractivity contribution in [3.63, 3.8) is 0 Å². The Labute approximate surface area is 183 Å². The Kier molecular flexibility index (Phi) is 5.24. The van der Waals surface area contributed by atoms with Crippen molar-refractivity contribution in [2.45, 2.75) is 6.92 Å². The third kappa shape index (κ3) is 3.77. The van der Waals surface area contributed by atoms with Crippen LogP contribution < -0.4 is 5.32 Å². The number of aromatic nitrogens is 2. The van der Waals surface area contributed by atoms with Gasteiger partial charge in [0.05, 0.1) is 22.2 Å². The maximum absolute atomic E-state index is 14.3. The largest absolute Gasteiger partial charge is 0.434 e. The van der Waals surface area contributed by atoms with Gasteiger partial charge in [0.25, 0.3) is 5.91 Å². The standard InChI is InChI=1S/C21H11BrClFN4O2/c1-10-15(21-28-19-18(30-21)5-12(22)9-26-19)6-13(24)7-17(10)27-20(29)14-3-2-11(8-25)4-16(14)23/h2-7,9H,1H3,(H,27,29). The SMILES string of the molecule is Cc1c(NC(=O)c2ccc(C#N)cc2Cl)cc(F)cc1-c1nc2ncc(Br)cc2o1. The quantitative estimate of drug-likeness (QED) is 0.391. The van der Waals surface area contributed by atoms with E-state index >= 15 is 0 Å². The highest BCUT2D eigenvalue weighted by Gasteiger charge is 2.18. The van der Waals surface area contributed by atoms with Gasteiger partial charge in [-0.2, -0.15) is 10.2 Å². The fraction of sp³-hybridized carbons (Fsp3) is 0.0476. The van der Waals surface area contributed by atoms with E-state index in [1.165, 1.54) is 30.3 Å². The molecule has 1 amide bonds. The van der Waals surface area contributed by atoms with E-state index in [-0.39, 0.29) is 22.2 Å². The average molecular weight is 486 g/mol. The first-order valence-corrected chi connectivity index (χ1v) is 9.76. The Balaban J connectivity index is 1.72. The first-order valence-electron chi connectivity index (χ1n) is 8.59. The van der Waals surface area contributed by atoms with E-state index in [1.807, 2.05) is 6.07 Å². The molecule has 0 aliphatic rings. The molecule has 0 radical (unpaired) electrons. The minimum Gasteiger partial charge on any atom is -0.434 e. The van der Waals surface area contributed by atoms with E-state index in [9.17, 15) is 9.18 Å². The van der Waals surface area contributed by atoms with Gasteiger partial charge in [-0.05, 0) is 58.7 Å². The normalized spacial score (nSPS) is 10.8. The van der Waals surface area contributed by atoms with Crippen molar-refractivity contribution in [3.8, 4) is 17.5 Å². The number of oxazole rings is 1. The summed E-state index contributed by atoms with van der Waals surface area (Å²) in [7, 11) is 0. The molecule has 148 valence electrons. The Morgan fingerprint density at radius 3 is 2.83 bits per heavy atom. The van der Waals surface area contributed by atoms with Gasteiger partial charge in [-0.15, -0.1) is 0 Å². The van der Waals surface area contributed by atoms with Gasteiger partial charge >= 0.3 is 0 Å². The average Bonchev–Trinajstić information content (AvgIpc) is 3.13. The number of nitrogens with one attached hydrogen (secondary N) is 1. The summed E-state index contributed by atoms with van der Waals surface area (Å²) in [6, 6.07) is 10.5. The molecule has 0 spiro atoms. The van der Waals surface area contributed by atoms with Crippen LogP contribution in [0.25, 0.3) is 22.7 Å². The Morgan fingerprint density at radius 2 is 2.10 bits per heavy atom. The fourth-order valence-electron chi connectivity index (χ4n) is 2.90. The molecule has 1 N–H and O–H groups in total. The van der Waals surface area contributed by atoms with Gasteiger partial charge < -0.3 is 9.73 Å². The molecular formula is C21H11BrClFN4O2. The lowest BCUT2D eigenvalue weighted by Gasteiger charge is -2.12. The van der Waals surface area contributed by atoms with Gasteiger partial charge in [0.1, 0.15) is 5.82 Å². The summed E-state index contributed by atoms with van der Waals surface area (Å²) in [5.74, 6) is -0.931. The Bertz CT molecular complexity index is 1360. The molecule has 9 heteroatoms. The zero-order valence-electron chi connectivity index (χ0n) is 15.3. The van der Waals surface area contributed by atoms with Crippen LogP contribution in [0.1, 0.15) is 21.5 Å². The molecule has 0 aliphatic heterocycles. The highest BCUT2D eigenvalue weighted by atomic mass is 79.9. The van der Waals surface area contributed by atoms with Gasteiger partial charge in [0, 0.05) is 28.0 Å². The van der Waals surface area contributed by atoms with Crippen LogP contribution in [0.2, 0.25) is 5.02 Å². The van der Waals surface area contributed by atoms with Crippen LogP contribution in [0.15, 0.2) is 51.5 Å². The first kappa shape index (κ1) is 20.0. The first-order chi connectivity index (χ1) is 14.4. The number of rotatable bonds is 3. The van der Waals surface area contributed by atoms with Crippen molar-refractivity contribution in [2.24, 2.45) is 0 Å². The van der Waals surface area contributed by atoms with Crippen LogP contribution in [0, 0.1) is 24.1 Å². The highest BCUT2D eigenvalue weighted by Crippen LogP contribution is 2.32. The predicted octanol–water partition coefficient (Wildman–Crippen LogP) is 5.88. The number of benzene rings is 2. The summed E-state index contributed by atoms with van der Waals surface area (Å²) < 4.78 is 20.8. The van der Waals surface area contributed by atoms with Crippen LogP contribution >= 0.6 is 27.5 Å². The van der Waals surface area contributed by atoms with Crippen LogP contribution in [-0.4, -0.2) is 15.9 Å². The van der Waals surface area contributed by atoms with Gasteiger partial charge in [0.2, 0.25) is 5.89 Å². The van der Waals surface area contributed by atoms with Gasteiger partial charge in [-0.3, -0.25) is 4.79 Å². The third-order valence-electron chi connectivity index (χ3n) is 4.41. The molecule has 0 fully saturated rings. The molecule has 2 aromatic heterocycles. The lowest BCUT2D eigenvalue weighted by molar-refractivity contribution is 0.102. The van der Waals surface area contributed by atoms with Crippen molar-refractivity contribution >= 4 is 50.4 Å². The summed E-state index contributed by atoms with van der Waals surface area (Å²) in [6.07, 6.45) is 1.58. The number of pyridine rings is 1. The minimum absolute atomic E-state index is 0.122. The van der Waals surface area contributed by atoms with Gasteiger partial charge in [-0.25, -0.2) is 9.37 Å². The molecule has 0 saturated carbocycles. The second-order valence-electron chi connectivity index (χ2n) is 6.38. The van der Waals surface area contributed by atoms with Gasteiger partial charge in [-0.1, -0.05) is 11.6 Å². The molecule has 4 rings (SSSR count). The Hall–Kier alpha value is -3.28. The lowest BCUT2D eigenvalue weighted by atomic mass is 10.1. The predicted molar refractivity (Wildman–Crippen MR) is 114 cm³/mol. The molecule has 2 aromatic carbocycles. The molecule has 0 bridgehead atoms. The molecule has 4 aromatic rings.